The first-order valence-electron chi connectivity index (χ1n) is 7.12. The molecule has 0 spiro atoms. The van der Waals surface area contributed by atoms with Crippen LogP contribution in [0.4, 0.5) is 0 Å². The molecule has 1 aromatic carbocycles. The summed E-state index contributed by atoms with van der Waals surface area (Å²) in [5.41, 5.74) is 1.35. The van der Waals surface area contributed by atoms with Gasteiger partial charge in [-0.3, -0.25) is 0 Å². The van der Waals surface area contributed by atoms with E-state index in [1.807, 2.05) is 19.2 Å². The van der Waals surface area contributed by atoms with E-state index in [0.29, 0.717) is 6.04 Å². The molecule has 3 heteroatoms. The monoisotopic (exact) mass is 263 g/mol. The Morgan fingerprint density at radius 2 is 2.11 bits per heavy atom. The Labute approximate surface area is 116 Å². The predicted octanol–water partition coefficient (Wildman–Crippen LogP) is 2.78. The van der Waals surface area contributed by atoms with Crippen molar-refractivity contribution >= 4 is 0 Å². The Bertz CT molecular complexity index is 382. The maximum absolute atomic E-state index is 5.94. The highest BCUT2D eigenvalue weighted by molar-refractivity contribution is 5.27. The number of hydrogen-bond donors (Lipinski definition) is 1. The summed E-state index contributed by atoms with van der Waals surface area (Å²) >= 11 is 0. The van der Waals surface area contributed by atoms with Gasteiger partial charge < -0.3 is 14.8 Å². The van der Waals surface area contributed by atoms with Gasteiger partial charge in [0.2, 0.25) is 0 Å². The van der Waals surface area contributed by atoms with Crippen molar-refractivity contribution in [3.05, 3.63) is 29.8 Å². The zero-order valence-corrected chi connectivity index (χ0v) is 12.2. The molecule has 1 heterocycles. The Kier molecular flexibility index (Phi) is 4.83. The smallest absolute Gasteiger partial charge is 0.118 e. The van der Waals surface area contributed by atoms with Crippen molar-refractivity contribution in [2.24, 2.45) is 0 Å². The fourth-order valence-electron chi connectivity index (χ4n) is 2.93. The molecule has 0 saturated carbocycles. The van der Waals surface area contributed by atoms with Crippen LogP contribution in [-0.4, -0.2) is 32.4 Å². The number of hydrogen-bond acceptors (Lipinski definition) is 3. The molecule has 1 fully saturated rings. The largest absolute Gasteiger partial charge is 0.497 e. The summed E-state index contributed by atoms with van der Waals surface area (Å²) in [4.78, 5) is 0. The second kappa shape index (κ2) is 6.40. The molecule has 0 aromatic heterocycles. The van der Waals surface area contributed by atoms with E-state index >= 15 is 0 Å². The molecule has 0 radical (unpaired) electrons. The molecule has 19 heavy (non-hydrogen) atoms. The van der Waals surface area contributed by atoms with Crippen molar-refractivity contribution in [3.63, 3.8) is 0 Å². The van der Waals surface area contributed by atoms with Crippen LogP contribution in [0.1, 0.15) is 31.7 Å². The first-order valence-corrected chi connectivity index (χ1v) is 7.12. The quantitative estimate of drug-likeness (QED) is 0.856. The molecular weight excluding hydrogens is 238 g/mol. The van der Waals surface area contributed by atoms with Crippen molar-refractivity contribution in [1.82, 2.24) is 5.32 Å². The highest BCUT2D eigenvalue weighted by Gasteiger charge is 2.37. The number of aryl methyl sites for hydroxylation is 1. The molecule has 1 saturated heterocycles. The average Bonchev–Trinajstić information content (AvgIpc) is 2.88. The molecule has 106 valence electrons. The highest BCUT2D eigenvalue weighted by atomic mass is 16.5. The van der Waals surface area contributed by atoms with Gasteiger partial charge in [0.25, 0.3) is 0 Å². The Balaban J connectivity index is 1.91. The maximum Gasteiger partial charge on any atom is 0.118 e. The first kappa shape index (κ1) is 14.4. The van der Waals surface area contributed by atoms with Gasteiger partial charge in [0, 0.05) is 12.6 Å². The third kappa shape index (κ3) is 3.48. The SMILES string of the molecule is CNC(CCc1ccc(OC)cc1)C1(C)CCCO1. The molecule has 1 N–H and O–H groups in total. The number of likely N-dealkylation sites (N-methyl/N-ethyl adjacent to an activating group) is 1. The van der Waals surface area contributed by atoms with Gasteiger partial charge in [0.1, 0.15) is 5.75 Å². The van der Waals surface area contributed by atoms with E-state index in [4.69, 9.17) is 9.47 Å². The summed E-state index contributed by atoms with van der Waals surface area (Å²) in [5, 5.41) is 3.43. The van der Waals surface area contributed by atoms with Crippen molar-refractivity contribution in [2.75, 3.05) is 20.8 Å². The van der Waals surface area contributed by atoms with E-state index in [1.165, 1.54) is 12.0 Å². The summed E-state index contributed by atoms with van der Waals surface area (Å²) in [6.07, 6.45) is 4.49. The van der Waals surface area contributed by atoms with E-state index < -0.39 is 0 Å². The summed E-state index contributed by atoms with van der Waals surface area (Å²) in [5.74, 6) is 0.917. The molecule has 1 aromatic rings. The fraction of sp³-hybridized carbons (Fsp3) is 0.625. The van der Waals surface area contributed by atoms with E-state index in [1.54, 1.807) is 7.11 Å². The Hall–Kier alpha value is -1.06. The second-order valence-electron chi connectivity index (χ2n) is 5.49. The minimum Gasteiger partial charge on any atom is -0.497 e. The third-order valence-electron chi connectivity index (χ3n) is 4.22. The lowest BCUT2D eigenvalue weighted by Gasteiger charge is -2.33. The topological polar surface area (TPSA) is 30.5 Å². The summed E-state index contributed by atoms with van der Waals surface area (Å²) in [6.45, 7) is 3.13. The normalized spacial score (nSPS) is 24.4. The standard InChI is InChI=1S/C16H25NO2/c1-16(11-4-12-19-16)15(17-2)10-7-13-5-8-14(18-3)9-6-13/h5-6,8-9,15,17H,4,7,10-12H2,1-3H3. The van der Waals surface area contributed by atoms with E-state index in [9.17, 15) is 0 Å². The van der Waals surface area contributed by atoms with Gasteiger partial charge in [-0.1, -0.05) is 12.1 Å². The van der Waals surface area contributed by atoms with Gasteiger partial charge in [-0.25, -0.2) is 0 Å². The molecule has 2 unspecified atom stereocenters. The summed E-state index contributed by atoms with van der Waals surface area (Å²) in [7, 11) is 3.73. The lowest BCUT2D eigenvalue weighted by Crippen LogP contribution is -2.47. The van der Waals surface area contributed by atoms with Crippen LogP contribution in [0, 0.1) is 0 Å². The minimum atomic E-state index is 0.00121. The van der Waals surface area contributed by atoms with E-state index in [-0.39, 0.29) is 5.60 Å². The van der Waals surface area contributed by atoms with Gasteiger partial charge >= 0.3 is 0 Å². The van der Waals surface area contributed by atoms with Gasteiger partial charge in [0.05, 0.1) is 12.7 Å². The Morgan fingerprint density at radius 1 is 1.37 bits per heavy atom. The fourth-order valence-corrected chi connectivity index (χ4v) is 2.93. The van der Waals surface area contributed by atoms with Gasteiger partial charge in [-0.2, -0.15) is 0 Å². The third-order valence-corrected chi connectivity index (χ3v) is 4.22. The Morgan fingerprint density at radius 3 is 2.63 bits per heavy atom. The van der Waals surface area contributed by atoms with Gasteiger partial charge in [-0.15, -0.1) is 0 Å². The van der Waals surface area contributed by atoms with Crippen molar-refractivity contribution in [2.45, 2.75) is 44.2 Å². The molecular formula is C16H25NO2. The van der Waals surface area contributed by atoms with Crippen molar-refractivity contribution in [1.29, 1.82) is 0 Å². The lowest BCUT2D eigenvalue weighted by molar-refractivity contribution is -0.0117. The van der Waals surface area contributed by atoms with Crippen molar-refractivity contribution in [3.8, 4) is 5.75 Å². The van der Waals surface area contributed by atoms with E-state index in [0.717, 1.165) is 31.6 Å². The molecule has 0 aliphatic carbocycles. The van der Waals surface area contributed by atoms with Crippen LogP contribution >= 0.6 is 0 Å². The first-order chi connectivity index (χ1) is 9.18. The van der Waals surface area contributed by atoms with Gasteiger partial charge in [0.15, 0.2) is 0 Å². The molecule has 1 aliphatic heterocycles. The number of benzene rings is 1. The number of ether oxygens (including phenoxy) is 2. The van der Waals surface area contributed by atoms with Gasteiger partial charge in [-0.05, 0) is 57.4 Å². The van der Waals surface area contributed by atoms with E-state index in [2.05, 4.69) is 24.4 Å². The molecule has 1 aliphatic rings. The predicted molar refractivity (Wildman–Crippen MR) is 77.8 cm³/mol. The molecule has 3 nitrogen and oxygen atoms in total. The van der Waals surface area contributed by atoms with Crippen LogP contribution in [0.25, 0.3) is 0 Å². The lowest BCUT2D eigenvalue weighted by atomic mass is 9.89. The van der Waals surface area contributed by atoms with Crippen molar-refractivity contribution < 1.29 is 9.47 Å². The maximum atomic E-state index is 5.94. The zero-order valence-electron chi connectivity index (χ0n) is 12.2. The molecule has 2 rings (SSSR count). The molecule has 0 bridgehead atoms. The average molecular weight is 263 g/mol. The number of rotatable bonds is 6. The summed E-state index contributed by atoms with van der Waals surface area (Å²) in [6, 6.07) is 8.75. The van der Waals surface area contributed by atoms with Crippen LogP contribution in [0.5, 0.6) is 5.75 Å². The highest BCUT2D eigenvalue weighted by Crippen LogP contribution is 2.30. The summed E-state index contributed by atoms with van der Waals surface area (Å²) < 4.78 is 11.1. The molecule has 0 amide bonds. The second-order valence-corrected chi connectivity index (χ2v) is 5.49. The zero-order chi connectivity index (χ0) is 13.7. The van der Waals surface area contributed by atoms with Crippen LogP contribution in [0.15, 0.2) is 24.3 Å². The number of methoxy groups -OCH3 is 1. The number of nitrogens with one attached hydrogen (secondary N) is 1. The van der Waals surface area contributed by atoms with Crippen LogP contribution in [0.3, 0.4) is 0 Å². The van der Waals surface area contributed by atoms with Crippen LogP contribution in [-0.2, 0) is 11.2 Å². The molecule has 2 atom stereocenters. The minimum absolute atomic E-state index is 0.00121. The van der Waals surface area contributed by atoms with Crippen LogP contribution in [0.2, 0.25) is 0 Å². The van der Waals surface area contributed by atoms with Crippen LogP contribution < -0.4 is 10.1 Å².